The van der Waals surface area contributed by atoms with Crippen LogP contribution in [0.15, 0.2) is 30.3 Å². The van der Waals surface area contributed by atoms with Crippen LogP contribution in [0.5, 0.6) is 0 Å². The number of thiocarbonyl (C=S) groups is 1. The largest absolute Gasteiger partial charge is 0.344 e. The first-order valence-corrected chi connectivity index (χ1v) is 8.62. The Bertz CT molecular complexity index is 561. The minimum atomic E-state index is 0.0321. The molecule has 1 amide bonds. The predicted molar refractivity (Wildman–Crippen MR) is 94.4 cm³/mol. The molecule has 4 nitrogen and oxygen atoms in total. The molecule has 0 heterocycles. The molecular formula is C18H23N3OS. The molecule has 23 heavy (non-hydrogen) atoms. The first-order chi connectivity index (χ1) is 11.2. The molecule has 2 rings (SSSR count). The second-order valence-corrected chi connectivity index (χ2v) is 6.33. The molecule has 1 aliphatic rings. The normalized spacial score (nSPS) is 14.7. The lowest BCUT2D eigenvalue weighted by molar-refractivity contribution is -0.124. The van der Waals surface area contributed by atoms with E-state index >= 15 is 0 Å². The van der Waals surface area contributed by atoms with Gasteiger partial charge in [-0.15, -0.1) is 0 Å². The molecule has 0 bridgehead atoms. The Kier molecular flexibility index (Phi) is 7.02. The van der Waals surface area contributed by atoms with Gasteiger partial charge in [-0.1, -0.05) is 49.6 Å². The highest BCUT2D eigenvalue weighted by Gasteiger charge is 2.23. The van der Waals surface area contributed by atoms with Gasteiger partial charge in [0.2, 0.25) is 5.91 Å². The Morgan fingerprint density at radius 1 is 1.26 bits per heavy atom. The number of carbonyl (C=O) groups is 1. The molecule has 1 aromatic carbocycles. The third-order valence-corrected chi connectivity index (χ3v) is 4.56. The molecular weight excluding hydrogens is 306 g/mol. The third kappa shape index (κ3) is 5.65. The van der Waals surface area contributed by atoms with Crippen LogP contribution in [0.3, 0.4) is 0 Å². The predicted octanol–water partition coefficient (Wildman–Crippen LogP) is 3.38. The standard InChI is InChI=1S/C18H23N3OS/c19-12-7-13-21(14-15-8-3-1-4-9-15)18(23)20-17(22)16-10-5-2-6-11-16/h1,3-4,8-9,16H,2,5-7,10-11,13-14H2,(H,20,22,23). The van der Waals surface area contributed by atoms with E-state index in [1.54, 1.807) is 0 Å². The van der Waals surface area contributed by atoms with Gasteiger partial charge in [0, 0.05) is 19.0 Å². The molecule has 0 spiro atoms. The highest BCUT2D eigenvalue weighted by atomic mass is 32.1. The van der Waals surface area contributed by atoms with Gasteiger partial charge in [0.05, 0.1) is 12.5 Å². The molecule has 0 saturated heterocycles. The van der Waals surface area contributed by atoms with E-state index in [4.69, 9.17) is 17.5 Å². The van der Waals surface area contributed by atoms with E-state index in [2.05, 4.69) is 11.4 Å². The summed E-state index contributed by atoms with van der Waals surface area (Å²) in [6, 6.07) is 12.1. The van der Waals surface area contributed by atoms with Gasteiger partial charge in [0.1, 0.15) is 0 Å². The highest BCUT2D eigenvalue weighted by Crippen LogP contribution is 2.23. The van der Waals surface area contributed by atoms with Crippen LogP contribution in [0.1, 0.15) is 44.1 Å². The average molecular weight is 329 g/mol. The van der Waals surface area contributed by atoms with Gasteiger partial charge in [-0.3, -0.25) is 4.79 Å². The maximum Gasteiger partial charge on any atom is 0.229 e. The summed E-state index contributed by atoms with van der Waals surface area (Å²) in [6.07, 6.45) is 5.74. The van der Waals surface area contributed by atoms with Crippen molar-refractivity contribution in [2.45, 2.75) is 45.1 Å². The zero-order valence-electron chi connectivity index (χ0n) is 13.3. The van der Waals surface area contributed by atoms with Gasteiger partial charge >= 0.3 is 0 Å². The number of nitrogens with zero attached hydrogens (tertiary/aromatic N) is 2. The molecule has 1 saturated carbocycles. The summed E-state index contributed by atoms with van der Waals surface area (Å²) in [6.45, 7) is 1.13. The van der Waals surface area contributed by atoms with E-state index in [0.29, 0.717) is 24.6 Å². The van der Waals surface area contributed by atoms with Crippen LogP contribution in [-0.4, -0.2) is 22.5 Å². The summed E-state index contributed by atoms with van der Waals surface area (Å²) in [5, 5.41) is 12.2. The zero-order chi connectivity index (χ0) is 16.5. The van der Waals surface area contributed by atoms with Gasteiger partial charge in [-0.2, -0.15) is 5.26 Å². The highest BCUT2D eigenvalue weighted by molar-refractivity contribution is 7.80. The summed E-state index contributed by atoms with van der Waals surface area (Å²) in [4.78, 5) is 14.2. The number of hydrogen-bond donors (Lipinski definition) is 1. The first-order valence-electron chi connectivity index (χ1n) is 8.21. The number of benzene rings is 1. The van der Waals surface area contributed by atoms with Crippen molar-refractivity contribution in [2.24, 2.45) is 5.92 Å². The summed E-state index contributed by atoms with van der Waals surface area (Å²) in [7, 11) is 0. The van der Waals surface area contributed by atoms with Crippen LogP contribution in [0.4, 0.5) is 0 Å². The Morgan fingerprint density at radius 3 is 2.61 bits per heavy atom. The first kappa shape index (κ1) is 17.4. The van der Waals surface area contributed by atoms with Crippen LogP contribution < -0.4 is 5.32 Å². The fraction of sp³-hybridized carbons (Fsp3) is 0.500. The third-order valence-electron chi connectivity index (χ3n) is 4.20. The number of nitrogens with one attached hydrogen (secondary N) is 1. The van der Waals surface area contributed by atoms with Crippen LogP contribution in [-0.2, 0) is 11.3 Å². The fourth-order valence-corrected chi connectivity index (χ4v) is 3.15. The zero-order valence-corrected chi connectivity index (χ0v) is 14.1. The molecule has 0 atom stereocenters. The van der Waals surface area contributed by atoms with Crippen molar-refractivity contribution < 1.29 is 4.79 Å². The Balaban J connectivity index is 1.95. The smallest absolute Gasteiger partial charge is 0.229 e. The molecule has 0 aromatic heterocycles. The van der Waals surface area contributed by atoms with Crippen molar-refractivity contribution >= 4 is 23.2 Å². The maximum absolute atomic E-state index is 12.3. The summed E-state index contributed by atoms with van der Waals surface area (Å²) in [5.41, 5.74) is 1.11. The molecule has 5 heteroatoms. The van der Waals surface area contributed by atoms with E-state index in [9.17, 15) is 4.79 Å². The van der Waals surface area contributed by atoms with Gasteiger partial charge in [-0.05, 0) is 30.6 Å². The lowest BCUT2D eigenvalue weighted by Crippen LogP contribution is -2.45. The van der Waals surface area contributed by atoms with Crippen LogP contribution in [0.25, 0.3) is 0 Å². The van der Waals surface area contributed by atoms with Crippen LogP contribution in [0.2, 0.25) is 0 Å². The van der Waals surface area contributed by atoms with Crippen molar-refractivity contribution in [3.63, 3.8) is 0 Å². The summed E-state index contributed by atoms with van der Waals surface area (Å²) < 4.78 is 0. The molecule has 0 aliphatic heterocycles. The van der Waals surface area contributed by atoms with Crippen molar-refractivity contribution in [2.75, 3.05) is 6.54 Å². The van der Waals surface area contributed by atoms with E-state index in [-0.39, 0.29) is 11.8 Å². The van der Waals surface area contributed by atoms with Gasteiger partial charge in [0.25, 0.3) is 0 Å². The van der Waals surface area contributed by atoms with E-state index in [1.807, 2.05) is 35.2 Å². The topological polar surface area (TPSA) is 56.1 Å². The van der Waals surface area contributed by atoms with E-state index in [1.165, 1.54) is 6.42 Å². The molecule has 1 fully saturated rings. The second-order valence-electron chi connectivity index (χ2n) is 5.94. The van der Waals surface area contributed by atoms with Gasteiger partial charge in [-0.25, -0.2) is 0 Å². The van der Waals surface area contributed by atoms with Crippen molar-refractivity contribution in [1.82, 2.24) is 10.2 Å². The van der Waals surface area contributed by atoms with Crippen LogP contribution >= 0.6 is 12.2 Å². The van der Waals surface area contributed by atoms with Crippen LogP contribution in [0, 0.1) is 17.2 Å². The van der Waals surface area contributed by atoms with E-state index in [0.717, 1.165) is 31.2 Å². The molecule has 122 valence electrons. The SMILES string of the molecule is N#CCCN(Cc1ccccc1)C(=S)NC(=O)C1CCCCC1. The molecule has 0 unspecified atom stereocenters. The Hall–Kier alpha value is -1.93. The van der Waals surface area contributed by atoms with Gasteiger partial charge in [0.15, 0.2) is 5.11 Å². The lowest BCUT2D eigenvalue weighted by Gasteiger charge is -2.27. The minimum absolute atomic E-state index is 0.0321. The number of hydrogen-bond acceptors (Lipinski definition) is 3. The van der Waals surface area contributed by atoms with Crippen molar-refractivity contribution in [3.8, 4) is 6.07 Å². The quantitative estimate of drug-likeness (QED) is 0.841. The second kappa shape index (κ2) is 9.26. The van der Waals surface area contributed by atoms with Crippen molar-refractivity contribution in [1.29, 1.82) is 5.26 Å². The molecule has 1 N–H and O–H groups in total. The monoisotopic (exact) mass is 329 g/mol. The molecule has 0 radical (unpaired) electrons. The Morgan fingerprint density at radius 2 is 1.96 bits per heavy atom. The molecule has 1 aliphatic carbocycles. The molecule has 1 aromatic rings. The summed E-state index contributed by atoms with van der Waals surface area (Å²) >= 11 is 5.42. The number of nitriles is 1. The Labute approximate surface area is 143 Å². The summed E-state index contributed by atoms with van der Waals surface area (Å²) in [5.74, 6) is 0.112. The minimum Gasteiger partial charge on any atom is -0.344 e. The fourth-order valence-electron chi connectivity index (χ4n) is 2.89. The van der Waals surface area contributed by atoms with Gasteiger partial charge < -0.3 is 10.2 Å². The number of carbonyl (C=O) groups excluding carboxylic acids is 1. The van der Waals surface area contributed by atoms with Crippen molar-refractivity contribution in [3.05, 3.63) is 35.9 Å². The van der Waals surface area contributed by atoms with E-state index < -0.39 is 0 Å². The maximum atomic E-state index is 12.3. The number of rotatable bonds is 5. The lowest BCUT2D eigenvalue weighted by atomic mass is 9.89. The number of amides is 1. The average Bonchev–Trinajstić information content (AvgIpc) is 2.60.